The van der Waals surface area contributed by atoms with E-state index >= 15 is 0 Å². The number of nitrogens with zero attached hydrogens (tertiary/aromatic N) is 1. The molecule has 6 nitrogen and oxygen atoms in total. The quantitative estimate of drug-likeness (QED) is 0.654. The van der Waals surface area contributed by atoms with Crippen LogP contribution in [0.1, 0.15) is 11.1 Å². The third-order valence-corrected chi connectivity index (χ3v) is 5.55. The number of carbonyl (C=O) groups is 1. The summed E-state index contributed by atoms with van der Waals surface area (Å²) < 4.78 is 23.4. The van der Waals surface area contributed by atoms with Gasteiger partial charge in [-0.05, 0) is 28.3 Å². The zero-order valence-electron chi connectivity index (χ0n) is 16.1. The van der Waals surface area contributed by atoms with Gasteiger partial charge in [0.25, 0.3) is 0 Å². The third kappa shape index (κ3) is 5.43. The van der Waals surface area contributed by atoms with E-state index in [4.69, 9.17) is 5.14 Å². The van der Waals surface area contributed by atoms with Crippen LogP contribution in [0.3, 0.4) is 0 Å². The van der Waals surface area contributed by atoms with Crippen molar-refractivity contribution in [3.8, 4) is 11.1 Å². The molecule has 0 fully saturated rings. The minimum Gasteiger partial charge on any atom is -0.334 e. The SMILES string of the molecule is CN(Cc1ccccc1S(N)(=O)=O)C(=O)NCc1ccc(-c2ccccc2)cc1. The topological polar surface area (TPSA) is 92.5 Å². The third-order valence-electron chi connectivity index (χ3n) is 4.54. The van der Waals surface area contributed by atoms with E-state index < -0.39 is 10.0 Å². The molecule has 0 radical (unpaired) electrons. The zero-order chi connectivity index (χ0) is 20.9. The highest BCUT2D eigenvalue weighted by Crippen LogP contribution is 2.19. The first-order valence-corrected chi connectivity index (χ1v) is 10.6. The van der Waals surface area contributed by atoms with E-state index in [0.717, 1.165) is 16.7 Å². The summed E-state index contributed by atoms with van der Waals surface area (Å²) in [7, 11) is -2.24. The minimum absolute atomic E-state index is 0.0242. The molecule has 0 unspecified atom stereocenters. The summed E-state index contributed by atoms with van der Waals surface area (Å²) >= 11 is 0. The first-order chi connectivity index (χ1) is 13.8. The van der Waals surface area contributed by atoms with Crippen LogP contribution in [-0.2, 0) is 23.1 Å². The normalized spacial score (nSPS) is 11.1. The molecular weight excluding hydrogens is 386 g/mol. The molecule has 3 aromatic rings. The van der Waals surface area contributed by atoms with E-state index in [1.165, 1.54) is 11.0 Å². The Labute approximate surface area is 171 Å². The van der Waals surface area contributed by atoms with Gasteiger partial charge in [-0.15, -0.1) is 0 Å². The van der Waals surface area contributed by atoms with Crippen LogP contribution < -0.4 is 10.5 Å². The first kappa shape index (κ1) is 20.6. The maximum absolute atomic E-state index is 12.4. The first-order valence-electron chi connectivity index (χ1n) is 9.08. The Morgan fingerprint density at radius 3 is 2.14 bits per heavy atom. The van der Waals surface area contributed by atoms with E-state index in [1.807, 2.05) is 54.6 Å². The predicted molar refractivity (Wildman–Crippen MR) is 113 cm³/mol. The highest BCUT2D eigenvalue weighted by atomic mass is 32.2. The van der Waals surface area contributed by atoms with Gasteiger partial charge in [0.1, 0.15) is 0 Å². The maximum Gasteiger partial charge on any atom is 0.317 e. The standard InChI is InChI=1S/C22H23N3O3S/c1-25(16-20-9-5-6-10-21(20)29(23,27)28)22(26)24-15-17-11-13-19(14-12-17)18-7-3-2-4-8-18/h2-14H,15-16H2,1H3,(H,24,26)(H2,23,27,28). The summed E-state index contributed by atoms with van der Waals surface area (Å²) in [6.07, 6.45) is 0. The summed E-state index contributed by atoms with van der Waals surface area (Å²) in [4.78, 5) is 13.8. The maximum atomic E-state index is 12.4. The van der Waals surface area contributed by atoms with Gasteiger partial charge in [-0.25, -0.2) is 18.4 Å². The van der Waals surface area contributed by atoms with E-state index in [2.05, 4.69) is 5.32 Å². The van der Waals surface area contributed by atoms with Crippen molar-refractivity contribution in [3.63, 3.8) is 0 Å². The van der Waals surface area contributed by atoms with Crippen LogP contribution in [0, 0.1) is 0 Å². The Kier molecular flexibility index (Phi) is 6.31. The fraction of sp³-hybridized carbons (Fsp3) is 0.136. The average molecular weight is 410 g/mol. The number of amides is 2. The molecular formula is C22H23N3O3S. The molecule has 0 aliphatic heterocycles. The molecule has 0 atom stereocenters. The van der Waals surface area contributed by atoms with Crippen LogP contribution in [0.25, 0.3) is 11.1 Å². The van der Waals surface area contributed by atoms with Crippen molar-refractivity contribution in [1.29, 1.82) is 0 Å². The van der Waals surface area contributed by atoms with Crippen molar-refractivity contribution in [2.75, 3.05) is 7.05 Å². The number of carbonyl (C=O) groups excluding carboxylic acids is 1. The van der Waals surface area contributed by atoms with Crippen LogP contribution in [0.5, 0.6) is 0 Å². The molecule has 29 heavy (non-hydrogen) atoms. The molecule has 0 saturated heterocycles. The summed E-state index contributed by atoms with van der Waals surface area (Å²) in [5, 5.41) is 8.09. The Morgan fingerprint density at radius 1 is 0.897 bits per heavy atom. The lowest BCUT2D eigenvalue weighted by molar-refractivity contribution is 0.206. The molecule has 3 N–H and O–H groups in total. The van der Waals surface area contributed by atoms with Gasteiger partial charge in [-0.1, -0.05) is 72.8 Å². The molecule has 3 rings (SSSR count). The van der Waals surface area contributed by atoms with Gasteiger partial charge in [-0.2, -0.15) is 0 Å². The van der Waals surface area contributed by atoms with E-state index in [-0.39, 0.29) is 17.5 Å². The number of rotatable bonds is 6. The molecule has 150 valence electrons. The summed E-state index contributed by atoms with van der Waals surface area (Å²) in [6, 6.07) is 24.1. The van der Waals surface area contributed by atoms with E-state index in [9.17, 15) is 13.2 Å². The lowest BCUT2D eigenvalue weighted by Crippen LogP contribution is -2.36. The molecule has 0 bridgehead atoms. The number of sulfonamides is 1. The molecule has 3 aromatic carbocycles. The highest BCUT2D eigenvalue weighted by molar-refractivity contribution is 7.89. The fourth-order valence-electron chi connectivity index (χ4n) is 3.00. The van der Waals surface area contributed by atoms with Crippen molar-refractivity contribution in [2.45, 2.75) is 18.0 Å². The van der Waals surface area contributed by atoms with Gasteiger partial charge in [0.15, 0.2) is 0 Å². The molecule has 0 aromatic heterocycles. The van der Waals surface area contributed by atoms with Gasteiger partial charge in [0.05, 0.1) is 4.90 Å². The summed E-state index contributed by atoms with van der Waals surface area (Å²) in [5.41, 5.74) is 3.69. The molecule has 0 aliphatic carbocycles. The van der Waals surface area contributed by atoms with Crippen LogP contribution >= 0.6 is 0 Å². The average Bonchev–Trinajstić information content (AvgIpc) is 2.72. The molecule has 0 spiro atoms. The molecule has 0 aliphatic rings. The van der Waals surface area contributed by atoms with Gasteiger partial charge in [0, 0.05) is 20.1 Å². The molecule has 7 heteroatoms. The fourth-order valence-corrected chi connectivity index (χ4v) is 3.76. The van der Waals surface area contributed by atoms with Crippen molar-refractivity contribution in [3.05, 3.63) is 90.0 Å². The zero-order valence-corrected chi connectivity index (χ0v) is 16.9. The van der Waals surface area contributed by atoms with Crippen molar-refractivity contribution in [2.24, 2.45) is 5.14 Å². The Balaban J connectivity index is 1.60. The van der Waals surface area contributed by atoms with Gasteiger partial charge in [0.2, 0.25) is 10.0 Å². The Hall–Kier alpha value is -3.16. The van der Waals surface area contributed by atoms with Crippen molar-refractivity contribution >= 4 is 16.1 Å². The van der Waals surface area contributed by atoms with Crippen LogP contribution in [0.2, 0.25) is 0 Å². The van der Waals surface area contributed by atoms with Gasteiger partial charge < -0.3 is 10.2 Å². The smallest absolute Gasteiger partial charge is 0.317 e. The number of hydrogen-bond donors (Lipinski definition) is 2. The number of hydrogen-bond acceptors (Lipinski definition) is 3. The Morgan fingerprint density at radius 2 is 1.48 bits per heavy atom. The van der Waals surface area contributed by atoms with Crippen molar-refractivity contribution in [1.82, 2.24) is 10.2 Å². The van der Waals surface area contributed by atoms with Crippen LogP contribution in [0.15, 0.2) is 83.8 Å². The number of nitrogens with one attached hydrogen (secondary N) is 1. The van der Waals surface area contributed by atoms with Gasteiger partial charge in [-0.3, -0.25) is 0 Å². The Bertz CT molecular complexity index is 1080. The number of urea groups is 1. The summed E-state index contributed by atoms with van der Waals surface area (Å²) in [6.45, 7) is 0.500. The van der Waals surface area contributed by atoms with E-state index in [1.54, 1.807) is 25.2 Å². The molecule has 2 amide bonds. The second-order valence-corrected chi connectivity index (χ2v) is 8.26. The molecule has 0 saturated carbocycles. The number of primary sulfonamides is 1. The van der Waals surface area contributed by atoms with Crippen molar-refractivity contribution < 1.29 is 13.2 Å². The minimum atomic E-state index is -3.85. The monoisotopic (exact) mass is 409 g/mol. The lowest BCUT2D eigenvalue weighted by Gasteiger charge is -2.19. The van der Waals surface area contributed by atoms with E-state index in [0.29, 0.717) is 12.1 Å². The van der Waals surface area contributed by atoms with Gasteiger partial charge >= 0.3 is 6.03 Å². The van der Waals surface area contributed by atoms with Crippen LogP contribution in [-0.4, -0.2) is 26.4 Å². The second kappa shape index (κ2) is 8.89. The second-order valence-electron chi connectivity index (χ2n) is 6.73. The lowest BCUT2D eigenvalue weighted by atomic mass is 10.0. The number of benzene rings is 3. The highest BCUT2D eigenvalue weighted by Gasteiger charge is 2.16. The van der Waals surface area contributed by atoms with Crippen LogP contribution in [0.4, 0.5) is 4.79 Å². The number of nitrogens with two attached hydrogens (primary N) is 1. The molecule has 0 heterocycles. The largest absolute Gasteiger partial charge is 0.334 e. The summed E-state index contributed by atoms with van der Waals surface area (Å²) in [5.74, 6) is 0. The predicted octanol–water partition coefficient (Wildman–Crippen LogP) is 3.34.